The van der Waals surface area contributed by atoms with Crippen LogP contribution in [0.4, 0.5) is 0 Å². The van der Waals surface area contributed by atoms with Gasteiger partial charge in [-0.05, 0) is 38.1 Å². The molecule has 2 heterocycles. The Hall–Kier alpha value is -1.70. The van der Waals surface area contributed by atoms with E-state index >= 15 is 0 Å². The summed E-state index contributed by atoms with van der Waals surface area (Å²) in [6, 6.07) is 6.91. The van der Waals surface area contributed by atoms with Crippen molar-refractivity contribution < 1.29 is 18.1 Å². The number of aromatic nitrogens is 1. The first-order valence-electron chi connectivity index (χ1n) is 8.42. The highest BCUT2D eigenvalue weighted by molar-refractivity contribution is 7.89. The second kappa shape index (κ2) is 7.04. The Bertz CT molecular complexity index is 815. The number of quaternary nitrogens is 1. The molecule has 24 heavy (non-hydrogen) atoms. The Morgan fingerprint density at radius 3 is 2.62 bits per heavy atom. The number of rotatable bonds is 5. The van der Waals surface area contributed by atoms with Gasteiger partial charge >= 0.3 is 0 Å². The van der Waals surface area contributed by atoms with Crippen molar-refractivity contribution in [2.75, 3.05) is 39.3 Å². The zero-order valence-electron chi connectivity index (χ0n) is 14.2. The molecule has 1 saturated heterocycles. The molecule has 0 unspecified atom stereocenters. The van der Waals surface area contributed by atoms with E-state index in [1.807, 2.05) is 6.92 Å². The number of hydrogen-bond acceptors (Lipinski definition) is 4. The van der Waals surface area contributed by atoms with Crippen molar-refractivity contribution in [1.29, 1.82) is 0 Å². The van der Waals surface area contributed by atoms with Gasteiger partial charge in [-0.25, -0.2) is 8.42 Å². The van der Waals surface area contributed by atoms with E-state index < -0.39 is 10.0 Å². The molecule has 7 heteroatoms. The number of ether oxygens (including phenoxy) is 1. The van der Waals surface area contributed by atoms with E-state index in [-0.39, 0.29) is 0 Å². The SMILES string of the molecule is CCOc1ccc(S(=O)(=O)N2CC[NH+](CC)CC2)c2cccnc12. The molecule has 1 aliphatic rings. The van der Waals surface area contributed by atoms with Gasteiger partial charge in [-0.2, -0.15) is 4.31 Å². The molecule has 2 aromatic rings. The number of nitrogens with zero attached hydrogens (tertiary/aromatic N) is 2. The Balaban J connectivity index is 2.01. The molecule has 1 aromatic heterocycles. The Kier molecular flexibility index (Phi) is 5.03. The molecule has 1 fully saturated rings. The van der Waals surface area contributed by atoms with E-state index in [0.717, 1.165) is 19.6 Å². The summed E-state index contributed by atoms with van der Waals surface area (Å²) < 4.78 is 33.4. The summed E-state index contributed by atoms with van der Waals surface area (Å²) in [6.45, 7) is 8.39. The molecule has 0 amide bonds. The molecule has 0 bridgehead atoms. The van der Waals surface area contributed by atoms with Crippen molar-refractivity contribution in [3.63, 3.8) is 0 Å². The lowest BCUT2D eigenvalue weighted by Crippen LogP contribution is -3.14. The van der Waals surface area contributed by atoms with Crippen molar-refractivity contribution in [1.82, 2.24) is 9.29 Å². The fourth-order valence-electron chi connectivity index (χ4n) is 3.15. The lowest BCUT2D eigenvalue weighted by molar-refractivity contribution is -0.901. The van der Waals surface area contributed by atoms with E-state index in [0.29, 0.717) is 41.2 Å². The third kappa shape index (κ3) is 3.11. The minimum Gasteiger partial charge on any atom is -0.492 e. The first kappa shape index (κ1) is 17.1. The van der Waals surface area contributed by atoms with Crippen LogP contribution in [0.1, 0.15) is 13.8 Å². The van der Waals surface area contributed by atoms with Crippen molar-refractivity contribution in [3.8, 4) is 5.75 Å². The number of piperazine rings is 1. The third-order valence-corrected chi connectivity index (χ3v) is 6.50. The summed E-state index contributed by atoms with van der Waals surface area (Å²) in [4.78, 5) is 6.09. The van der Waals surface area contributed by atoms with Crippen LogP contribution in [-0.2, 0) is 10.0 Å². The first-order valence-corrected chi connectivity index (χ1v) is 9.86. The monoisotopic (exact) mass is 350 g/mol. The predicted octanol–water partition coefficient (Wildman–Crippen LogP) is 0.543. The van der Waals surface area contributed by atoms with E-state index in [9.17, 15) is 8.42 Å². The molecule has 130 valence electrons. The number of sulfonamides is 1. The predicted molar refractivity (Wildman–Crippen MR) is 92.9 cm³/mol. The Morgan fingerprint density at radius 2 is 1.96 bits per heavy atom. The molecule has 0 saturated carbocycles. The summed E-state index contributed by atoms with van der Waals surface area (Å²) in [5.74, 6) is 0.618. The number of benzene rings is 1. The van der Waals surface area contributed by atoms with E-state index in [1.165, 1.54) is 4.90 Å². The van der Waals surface area contributed by atoms with Gasteiger partial charge in [0, 0.05) is 11.6 Å². The van der Waals surface area contributed by atoms with Crippen LogP contribution in [0.5, 0.6) is 5.75 Å². The highest BCUT2D eigenvalue weighted by Gasteiger charge is 2.31. The molecule has 0 spiro atoms. The normalized spacial score (nSPS) is 17.2. The molecule has 1 aromatic carbocycles. The summed E-state index contributed by atoms with van der Waals surface area (Å²) in [5.41, 5.74) is 0.596. The van der Waals surface area contributed by atoms with Crippen molar-refractivity contribution in [2.24, 2.45) is 0 Å². The smallest absolute Gasteiger partial charge is 0.244 e. The van der Waals surface area contributed by atoms with Gasteiger partial charge in [0.1, 0.15) is 11.3 Å². The lowest BCUT2D eigenvalue weighted by Gasteiger charge is -2.31. The van der Waals surface area contributed by atoms with Crippen LogP contribution < -0.4 is 9.64 Å². The minimum absolute atomic E-state index is 0.314. The molecular weight excluding hydrogens is 326 g/mol. The zero-order chi connectivity index (χ0) is 17.2. The third-order valence-electron chi connectivity index (χ3n) is 4.54. The van der Waals surface area contributed by atoms with E-state index in [2.05, 4.69) is 11.9 Å². The number of fused-ring (bicyclic) bond motifs is 1. The van der Waals surface area contributed by atoms with Crippen LogP contribution in [0, 0.1) is 0 Å². The Labute approximate surface area is 143 Å². The maximum absolute atomic E-state index is 13.1. The van der Waals surface area contributed by atoms with E-state index in [1.54, 1.807) is 34.8 Å². The molecule has 3 rings (SSSR count). The maximum atomic E-state index is 13.1. The van der Waals surface area contributed by atoms with Gasteiger partial charge in [-0.1, -0.05) is 0 Å². The lowest BCUT2D eigenvalue weighted by atomic mass is 10.2. The van der Waals surface area contributed by atoms with Gasteiger partial charge < -0.3 is 9.64 Å². The fraction of sp³-hybridized carbons (Fsp3) is 0.471. The molecule has 0 aliphatic carbocycles. The van der Waals surface area contributed by atoms with Gasteiger partial charge in [-0.3, -0.25) is 4.98 Å². The second-order valence-corrected chi connectivity index (χ2v) is 7.81. The van der Waals surface area contributed by atoms with Gasteiger partial charge in [0.05, 0.1) is 44.2 Å². The van der Waals surface area contributed by atoms with Gasteiger partial charge in [-0.15, -0.1) is 0 Å². The molecule has 0 atom stereocenters. The summed E-state index contributed by atoms with van der Waals surface area (Å²) >= 11 is 0. The van der Waals surface area contributed by atoms with Crippen LogP contribution >= 0.6 is 0 Å². The average Bonchev–Trinajstić information content (AvgIpc) is 2.62. The van der Waals surface area contributed by atoms with Crippen molar-refractivity contribution in [3.05, 3.63) is 30.5 Å². The number of pyridine rings is 1. The van der Waals surface area contributed by atoms with Crippen LogP contribution in [0.2, 0.25) is 0 Å². The highest BCUT2D eigenvalue weighted by atomic mass is 32.2. The summed E-state index contributed by atoms with van der Waals surface area (Å²) in [5, 5.41) is 0.619. The number of hydrogen-bond donors (Lipinski definition) is 1. The van der Waals surface area contributed by atoms with Crippen molar-refractivity contribution in [2.45, 2.75) is 18.7 Å². The Morgan fingerprint density at radius 1 is 1.21 bits per heavy atom. The van der Waals surface area contributed by atoms with Crippen LogP contribution in [-0.4, -0.2) is 57.0 Å². The van der Waals surface area contributed by atoms with E-state index in [4.69, 9.17) is 4.74 Å². The maximum Gasteiger partial charge on any atom is 0.244 e. The quantitative estimate of drug-likeness (QED) is 0.855. The van der Waals surface area contributed by atoms with Crippen LogP contribution in [0.3, 0.4) is 0 Å². The largest absolute Gasteiger partial charge is 0.492 e. The number of nitrogens with one attached hydrogen (secondary N) is 1. The fourth-order valence-corrected chi connectivity index (χ4v) is 4.78. The molecule has 0 radical (unpaired) electrons. The molecule has 1 aliphatic heterocycles. The first-order chi connectivity index (χ1) is 11.6. The van der Waals surface area contributed by atoms with Gasteiger partial charge in [0.15, 0.2) is 0 Å². The molecule has 1 N–H and O–H groups in total. The van der Waals surface area contributed by atoms with Crippen LogP contribution in [0.25, 0.3) is 10.9 Å². The van der Waals surface area contributed by atoms with Crippen molar-refractivity contribution >= 4 is 20.9 Å². The average molecular weight is 350 g/mol. The second-order valence-electron chi connectivity index (χ2n) is 5.90. The molecular formula is C17H24N3O3S+. The highest BCUT2D eigenvalue weighted by Crippen LogP contribution is 2.31. The topological polar surface area (TPSA) is 63.9 Å². The zero-order valence-corrected chi connectivity index (χ0v) is 15.0. The number of likely N-dealkylation sites (N-methyl/N-ethyl adjacent to an activating group) is 1. The van der Waals surface area contributed by atoms with Gasteiger partial charge in [0.25, 0.3) is 0 Å². The van der Waals surface area contributed by atoms with Gasteiger partial charge in [0.2, 0.25) is 10.0 Å². The summed E-state index contributed by atoms with van der Waals surface area (Å²) in [7, 11) is -3.53. The minimum atomic E-state index is -3.53. The van der Waals surface area contributed by atoms with Crippen LogP contribution in [0.15, 0.2) is 35.4 Å². The summed E-state index contributed by atoms with van der Waals surface area (Å²) in [6.07, 6.45) is 1.66. The molecule has 6 nitrogen and oxygen atoms in total. The standard InChI is InChI=1S/C17H23N3O3S/c1-3-19-10-12-20(13-11-19)24(21,22)16-8-7-15(23-4-2)17-14(16)6-5-9-18-17/h5-9H,3-4,10-13H2,1-2H3/p+1.